The van der Waals surface area contributed by atoms with Gasteiger partial charge in [-0.15, -0.1) is 6.42 Å². The second-order valence-corrected chi connectivity index (χ2v) is 5.33. The first-order valence-electron chi connectivity index (χ1n) is 6.51. The predicted octanol–water partition coefficient (Wildman–Crippen LogP) is 3.20. The van der Waals surface area contributed by atoms with E-state index in [-0.39, 0.29) is 5.75 Å². The smallest absolute Gasteiger partial charge is 0.191 e. The van der Waals surface area contributed by atoms with Gasteiger partial charge >= 0.3 is 0 Å². The van der Waals surface area contributed by atoms with Gasteiger partial charge in [-0.2, -0.15) is 0 Å². The van der Waals surface area contributed by atoms with Crippen LogP contribution < -0.4 is 5.32 Å². The molecule has 22 heavy (non-hydrogen) atoms. The third kappa shape index (κ3) is 2.95. The zero-order chi connectivity index (χ0) is 15.4. The van der Waals surface area contributed by atoms with E-state index in [4.69, 9.17) is 6.42 Å². The summed E-state index contributed by atoms with van der Waals surface area (Å²) in [6.07, 6.45) is 8.63. The van der Waals surface area contributed by atoms with Crippen LogP contribution in [-0.2, 0) is 0 Å². The topological polar surface area (TPSA) is 70.9 Å². The van der Waals surface area contributed by atoms with E-state index in [2.05, 4.69) is 26.2 Å². The molecule has 0 amide bonds. The van der Waals surface area contributed by atoms with Crippen LogP contribution in [0.4, 0.5) is 11.5 Å². The second-order valence-electron chi connectivity index (χ2n) is 4.38. The summed E-state index contributed by atoms with van der Waals surface area (Å²) in [5.41, 5.74) is 1.29. The highest BCUT2D eigenvalue weighted by Crippen LogP contribution is 2.30. The number of fused-ring (bicyclic) bond motifs is 1. The van der Waals surface area contributed by atoms with E-state index in [1.165, 1.54) is 11.8 Å². The normalized spacial score (nSPS) is 10.3. The molecule has 0 saturated heterocycles. The zero-order valence-corrected chi connectivity index (χ0v) is 12.3. The largest absolute Gasteiger partial charge is 0.506 e. The Kier molecular flexibility index (Phi) is 4.08. The molecule has 0 radical (unpaired) electrons. The van der Waals surface area contributed by atoms with E-state index in [0.717, 1.165) is 10.9 Å². The zero-order valence-electron chi connectivity index (χ0n) is 11.5. The maximum absolute atomic E-state index is 9.90. The molecule has 0 unspecified atom stereocenters. The van der Waals surface area contributed by atoms with Gasteiger partial charge < -0.3 is 10.4 Å². The number of aromatic hydroxyl groups is 1. The molecule has 2 N–H and O–H groups in total. The number of terminal acetylenes is 1. The molecule has 3 aromatic rings. The van der Waals surface area contributed by atoms with Crippen LogP contribution in [0.15, 0.2) is 47.9 Å². The van der Waals surface area contributed by atoms with Gasteiger partial charge in [0.05, 0.1) is 23.2 Å². The molecule has 0 bridgehead atoms. The molecule has 0 spiro atoms. The summed E-state index contributed by atoms with van der Waals surface area (Å²) in [5, 5.41) is 14.4. The van der Waals surface area contributed by atoms with E-state index in [1.54, 1.807) is 30.6 Å². The molecule has 5 nitrogen and oxygen atoms in total. The lowest BCUT2D eigenvalue weighted by Gasteiger charge is -2.11. The minimum absolute atomic E-state index is 0.154. The van der Waals surface area contributed by atoms with Gasteiger partial charge in [0.1, 0.15) is 11.6 Å². The Balaban J connectivity index is 2.06. The minimum atomic E-state index is 0.154. The number of thioether (sulfide) groups is 1. The number of benzene rings is 1. The number of phenols is 1. The quantitative estimate of drug-likeness (QED) is 0.334. The fourth-order valence-corrected chi connectivity index (χ4v) is 2.46. The summed E-state index contributed by atoms with van der Waals surface area (Å²) in [6.45, 7) is 0. The summed E-state index contributed by atoms with van der Waals surface area (Å²) in [5.74, 6) is 3.80. The van der Waals surface area contributed by atoms with Crippen molar-refractivity contribution in [3.63, 3.8) is 0 Å². The number of hydrogen-bond donors (Lipinski definition) is 2. The molecule has 0 fully saturated rings. The van der Waals surface area contributed by atoms with Crippen LogP contribution in [0.5, 0.6) is 5.75 Å². The van der Waals surface area contributed by atoms with Crippen molar-refractivity contribution in [1.82, 2.24) is 15.0 Å². The van der Waals surface area contributed by atoms with Crippen molar-refractivity contribution in [2.24, 2.45) is 0 Å². The number of nitrogens with one attached hydrogen (secondary N) is 1. The lowest BCUT2D eigenvalue weighted by Crippen LogP contribution is -1.99. The molecule has 2 heterocycles. The van der Waals surface area contributed by atoms with Crippen molar-refractivity contribution in [3.05, 3.63) is 42.7 Å². The number of hydrogen-bond acceptors (Lipinski definition) is 6. The lowest BCUT2D eigenvalue weighted by molar-refractivity contribution is 0.477. The third-order valence-electron chi connectivity index (χ3n) is 2.92. The molecule has 3 rings (SSSR count). The number of anilines is 2. The molecule has 0 aliphatic heterocycles. The maximum atomic E-state index is 9.90. The highest BCUT2D eigenvalue weighted by molar-refractivity contribution is 7.99. The summed E-state index contributed by atoms with van der Waals surface area (Å²) in [7, 11) is 0. The summed E-state index contributed by atoms with van der Waals surface area (Å²) in [4.78, 5) is 13.0. The first-order valence-corrected chi connectivity index (χ1v) is 7.49. The standard InChI is InChI=1S/C16H12N4OS/c1-2-9-22-16-19-13-10-17-8-7-11(13)15(20-16)18-12-5-3-4-6-14(12)21/h1,3-8,10,21H,9H2,(H,18,19,20). The monoisotopic (exact) mass is 308 g/mol. The predicted molar refractivity (Wildman–Crippen MR) is 88.3 cm³/mol. The van der Waals surface area contributed by atoms with E-state index >= 15 is 0 Å². The van der Waals surface area contributed by atoms with E-state index in [9.17, 15) is 5.11 Å². The van der Waals surface area contributed by atoms with Crippen molar-refractivity contribution in [1.29, 1.82) is 0 Å². The van der Waals surface area contributed by atoms with Gasteiger partial charge in [-0.25, -0.2) is 9.97 Å². The Morgan fingerprint density at radius 3 is 2.91 bits per heavy atom. The van der Waals surface area contributed by atoms with Crippen LogP contribution in [0.25, 0.3) is 10.9 Å². The van der Waals surface area contributed by atoms with Gasteiger partial charge in [0, 0.05) is 11.6 Å². The SMILES string of the molecule is C#CCSc1nc(Nc2ccccc2O)c2ccncc2n1. The van der Waals surface area contributed by atoms with Gasteiger partial charge in [-0.1, -0.05) is 29.8 Å². The summed E-state index contributed by atoms with van der Waals surface area (Å²) in [6, 6.07) is 8.81. The first kappa shape index (κ1) is 14.2. The van der Waals surface area contributed by atoms with E-state index in [1.807, 2.05) is 12.1 Å². The highest BCUT2D eigenvalue weighted by atomic mass is 32.2. The fraction of sp³-hybridized carbons (Fsp3) is 0.0625. The highest BCUT2D eigenvalue weighted by Gasteiger charge is 2.10. The van der Waals surface area contributed by atoms with Crippen molar-refractivity contribution in [2.45, 2.75) is 5.16 Å². The Labute approximate surface area is 131 Å². The van der Waals surface area contributed by atoms with Gasteiger partial charge in [0.2, 0.25) is 0 Å². The molecule has 108 valence electrons. The van der Waals surface area contributed by atoms with Gasteiger partial charge in [-0.3, -0.25) is 4.98 Å². The summed E-state index contributed by atoms with van der Waals surface area (Å²) < 4.78 is 0. The third-order valence-corrected chi connectivity index (χ3v) is 3.67. The Bertz CT molecular complexity index is 860. The molecule has 0 aliphatic rings. The maximum Gasteiger partial charge on any atom is 0.191 e. The molecule has 0 atom stereocenters. The van der Waals surface area contributed by atoms with E-state index < -0.39 is 0 Å². The molecule has 6 heteroatoms. The number of aromatic nitrogens is 3. The van der Waals surface area contributed by atoms with Crippen LogP contribution in [0, 0.1) is 12.3 Å². The van der Waals surface area contributed by atoms with Crippen molar-refractivity contribution in [2.75, 3.05) is 11.1 Å². The molecule has 0 saturated carbocycles. The van der Waals surface area contributed by atoms with Gasteiger partial charge in [0.25, 0.3) is 0 Å². The number of phenolic OH excluding ortho intramolecular Hbond substituents is 1. The number of pyridine rings is 1. The average molecular weight is 308 g/mol. The number of para-hydroxylation sites is 2. The Morgan fingerprint density at radius 1 is 1.23 bits per heavy atom. The summed E-state index contributed by atoms with van der Waals surface area (Å²) >= 11 is 1.38. The second kappa shape index (κ2) is 6.33. The Morgan fingerprint density at radius 2 is 2.09 bits per heavy atom. The molecule has 0 aliphatic carbocycles. The minimum Gasteiger partial charge on any atom is -0.506 e. The molecular formula is C16H12N4OS. The Hall–Kier alpha value is -2.78. The van der Waals surface area contributed by atoms with Crippen LogP contribution in [-0.4, -0.2) is 25.8 Å². The fourth-order valence-electron chi connectivity index (χ4n) is 1.93. The van der Waals surface area contributed by atoms with Crippen molar-refractivity contribution >= 4 is 34.2 Å². The van der Waals surface area contributed by atoms with Crippen LogP contribution in [0.3, 0.4) is 0 Å². The van der Waals surface area contributed by atoms with Gasteiger partial charge in [-0.05, 0) is 18.2 Å². The first-order chi connectivity index (χ1) is 10.8. The number of rotatable bonds is 4. The van der Waals surface area contributed by atoms with Crippen molar-refractivity contribution < 1.29 is 5.11 Å². The molecule has 2 aromatic heterocycles. The van der Waals surface area contributed by atoms with Crippen LogP contribution in [0.1, 0.15) is 0 Å². The average Bonchev–Trinajstić information content (AvgIpc) is 2.55. The lowest BCUT2D eigenvalue weighted by atomic mass is 10.2. The molecular weight excluding hydrogens is 296 g/mol. The van der Waals surface area contributed by atoms with Crippen molar-refractivity contribution in [3.8, 4) is 18.1 Å². The molecule has 1 aromatic carbocycles. The number of nitrogens with zero attached hydrogens (tertiary/aromatic N) is 3. The van der Waals surface area contributed by atoms with Gasteiger partial charge in [0.15, 0.2) is 5.16 Å². The van der Waals surface area contributed by atoms with Crippen LogP contribution in [0.2, 0.25) is 0 Å². The van der Waals surface area contributed by atoms with Crippen LogP contribution >= 0.6 is 11.8 Å². The van der Waals surface area contributed by atoms with E-state index in [0.29, 0.717) is 22.4 Å².